The highest BCUT2D eigenvalue weighted by atomic mass is 35.5. The SMILES string of the molecule is C[C@@H](O)[C@H](O)C(=O)NC[C@]1(O)C2C[C@H](S(=O)(=O)c3cc(C(=O)Nc4cc(F)c(F)c(F)c4)ccc3Cl)CC1[C@@H]2C. The molecule has 40 heavy (non-hydrogen) atoms. The molecule has 0 heterocycles. The highest BCUT2D eigenvalue weighted by molar-refractivity contribution is 7.92. The van der Waals surface area contributed by atoms with E-state index in [0.717, 1.165) is 6.07 Å². The number of sulfone groups is 1. The molecule has 9 nitrogen and oxygen atoms in total. The zero-order valence-electron chi connectivity index (χ0n) is 21.4. The van der Waals surface area contributed by atoms with Crippen molar-refractivity contribution in [2.24, 2.45) is 17.8 Å². The van der Waals surface area contributed by atoms with Crippen molar-refractivity contribution in [3.8, 4) is 0 Å². The van der Waals surface area contributed by atoms with Crippen LogP contribution in [0.1, 0.15) is 37.0 Å². The van der Waals surface area contributed by atoms with Crippen molar-refractivity contribution in [1.29, 1.82) is 0 Å². The molecule has 14 heteroatoms. The lowest BCUT2D eigenvalue weighted by molar-refractivity contribution is -0.213. The van der Waals surface area contributed by atoms with E-state index in [1.165, 1.54) is 19.1 Å². The molecule has 4 atom stereocenters. The van der Waals surface area contributed by atoms with E-state index in [-0.39, 0.29) is 46.5 Å². The van der Waals surface area contributed by atoms with Crippen LogP contribution < -0.4 is 10.6 Å². The highest BCUT2D eigenvalue weighted by Gasteiger charge is 2.64. The zero-order valence-corrected chi connectivity index (χ0v) is 22.9. The summed E-state index contributed by atoms with van der Waals surface area (Å²) in [4.78, 5) is 24.4. The molecule has 2 unspecified atom stereocenters. The Kier molecular flexibility index (Phi) is 8.27. The van der Waals surface area contributed by atoms with E-state index in [0.29, 0.717) is 12.1 Å². The Morgan fingerprint density at radius 1 is 1.10 bits per heavy atom. The molecule has 3 saturated carbocycles. The number of fused-ring (bicyclic) bond motifs is 2. The van der Waals surface area contributed by atoms with E-state index in [2.05, 4.69) is 10.6 Å². The number of aliphatic hydroxyl groups is 3. The highest BCUT2D eigenvalue weighted by Crippen LogP contribution is 2.59. The predicted octanol–water partition coefficient (Wildman–Crippen LogP) is 2.42. The lowest BCUT2D eigenvalue weighted by atomic mass is 9.48. The number of hydrogen-bond acceptors (Lipinski definition) is 7. The molecule has 218 valence electrons. The van der Waals surface area contributed by atoms with Crippen LogP contribution in [-0.2, 0) is 14.6 Å². The van der Waals surface area contributed by atoms with Crippen LogP contribution in [0.4, 0.5) is 18.9 Å². The lowest BCUT2D eigenvalue weighted by Crippen LogP contribution is -2.71. The van der Waals surface area contributed by atoms with Crippen LogP contribution in [0, 0.1) is 35.2 Å². The van der Waals surface area contributed by atoms with Gasteiger partial charge >= 0.3 is 0 Å². The maximum absolute atomic E-state index is 13.6. The number of benzene rings is 2. The third-order valence-electron chi connectivity index (χ3n) is 8.04. The maximum atomic E-state index is 13.6. The molecule has 2 aromatic carbocycles. The molecule has 0 saturated heterocycles. The van der Waals surface area contributed by atoms with Crippen LogP contribution in [0.3, 0.4) is 0 Å². The van der Waals surface area contributed by atoms with E-state index in [1.807, 2.05) is 6.92 Å². The minimum atomic E-state index is -4.13. The smallest absolute Gasteiger partial charge is 0.255 e. The Bertz CT molecular complexity index is 1420. The molecule has 5 rings (SSSR count). The molecule has 0 aliphatic heterocycles. The Morgan fingerprint density at radius 3 is 2.23 bits per heavy atom. The molecule has 0 spiro atoms. The van der Waals surface area contributed by atoms with Gasteiger partial charge in [0.25, 0.3) is 11.8 Å². The predicted molar refractivity (Wildman–Crippen MR) is 138 cm³/mol. The number of carbonyl (C=O) groups excluding carboxylic acids is 2. The van der Waals surface area contributed by atoms with E-state index in [9.17, 15) is 46.5 Å². The van der Waals surface area contributed by atoms with Crippen LogP contribution in [0.25, 0.3) is 0 Å². The summed E-state index contributed by atoms with van der Waals surface area (Å²) < 4.78 is 67.5. The summed E-state index contributed by atoms with van der Waals surface area (Å²) in [6.07, 6.45) is -2.93. The minimum Gasteiger partial charge on any atom is -0.390 e. The number of halogens is 4. The summed E-state index contributed by atoms with van der Waals surface area (Å²) in [7, 11) is -4.13. The van der Waals surface area contributed by atoms with E-state index in [4.69, 9.17) is 11.6 Å². The molecule has 2 aromatic rings. The first-order valence-corrected chi connectivity index (χ1v) is 14.4. The summed E-state index contributed by atoms with van der Waals surface area (Å²) in [5, 5.41) is 33.8. The standard InChI is InChI=1S/C26H28ClF3N2O7S/c1-11-16-8-15(9-17(11)26(16,37)10-31-25(36)23(34)12(2)33)40(38,39)21-5-13(3-4-18(21)27)24(35)32-14-6-19(28)22(30)20(29)7-14/h3-7,11-12,15-17,23,33-34,37H,8-10H2,1-2H3,(H,31,36)(H,32,35)/t11-,12-,15+,16?,17?,23+,26+/m1/s1. The van der Waals surface area contributed by atoms with E-state index < -0.39 is 74.0 Å². The minimum absolute atomic E-state index is 0.0339. The van der Waals surface area contributed by atoms with Gasteiger partial charge in [-0.15, -0.1) is 0 Å². The average molecular weight is 605 g/mol. The van der Waals surface area contributed by atoms with Gasteiger partial charge in [0, 0.05) is 29.9 Å². The van der Waals surface area contributed by atoms with E-state index >= 15 is 0 Å². The van der Waals surface area contributed by atoms with Crippen molar-refractivity contribution >= 4 is 38.9 Å². The van der Waals surface area contributed by atoms with Gasteiger partial charge in [0.05, 0.1) is 26.9 Å². The normalized spacial score (nSPS) is 27.3. The number of nitrogens with one attached hydrogen (secondary N) is 2. The van der Waals surface area contributed by atoms with Crippen molar-refractivity contribution in [3.63, 3.8) is 0 Å². The summed E-state index contributed by atoms with van der Waals surface area (Å²) in [5.41, 5.74) is -1.97. The number of rotatable bonds is 8. The largest absolute Gasteiger partial charge is 0.390 e. The summed E-state index contributed by atoms with van der Waals surface area (Å²) >= 11 is 6.20. The summed E-state index contributed by atoms with van der Waals surface area (Å²) in [6.45, 7) is 2.86. The Morgan fingerprint density at radius 2 is 1.68 bits per heavy atom. The first-order valence-electron chi connectivity index (χ1n) is 12.4. The summed E-state index contributed by atoms with van der Waals surface area (Å²) in [5.74, 6) is -7.59. The van der Waals surface area contributed by atoms with Crippen molar-refractivity contribution in [1.82, 2.24) is 5.32 Å². The molecular weight excluding hydrogens is 577 g/mol. The molecule has 2 bridgehead atoms. The number of amides is 2. The first kappa shape index (κ1) is 30.3. The number of carbonyl (C=O) groups is 2. The number of hydrogen-bond donors (Lipinski definition) is 5. The van der Waals surface area contributed by atoms with Gasteiger partial charge in [-0.25, -0.2) is 21.6 Å². The first-order chi connectivity index (χ1) is 18.6. The second kappa shape index (κ2) is 10.9. The average Bonchev–Trinajstić information content (AvgIpc) is 2.90. The lowest BCUT2D eigenvalue weighted by Gasteiger charge is -2.62. The van der Waals surface area contributed by atoms with Gasteiger partial charge in [-0.1, -0.05) is 18.5 Å². The quantitative estimate of drug-likeness (QED) is 0.290. The van der Waals surface area contributed by atoms with Gasteiger partial charge in [-0.05, 0) is 55.7 Å². The Labute approximate surface area is 233 Å². The number of aliphatic hydroxyl groups excluding tert-OH is 2. The molecule has 2 amide bonds. The van der Waals surface area contributed by atoms with Gasteiger partial charge in [0.2, 0.25) is 0 Å². The second-order valence-corrected chi connectivity index (χ2v) is 13.1. The molecule has 5 N–H and O–H groups in total. The number of anilines is 1. The Hall–Kier alpha value is -2.71. The Balaban J connectivity index is 1.51. The van der Waals surface area contributed by atoms with Crippen molar-refractivity contribution in [3.05, 3.63) is 58.4 Å². The van der Waals surface area contributed by atoms with Crippen LogP contribution in [0.15, 0.2) is 35.2 Å². The maximum Gasteiger partial charge on any atom is 0.255 e. The fraction of sp³-hybridized carbons (Fsp3) is 0.462. The van der Waals surface area contributed by atoms with Crippen molar-refractivity contribution < 1.29 is 46.5 Å². The van der Waals surface area contributed by atoms with Crippen LogP contribution >= 0.6 is 11.6 Å². The van der Waals surface area contributed by atoms with Gasteiger partial charge in [0.15, 0.2) is 33.4 Å². The van der Waals surface area contributed by atoms with Crippen LogP contribution in [-0.4, -0.2) is 65.2 Å². The monoisotopic (exact) mass is 604 g/mol. The fourth-order valence-corrected chi connectivity index (χ4v) is 8.14. The molecule has 3 fully saturated rings. The van der Waals surface area contributed by atoms with Gasteiger partial charge in [0.1, 0.15) is 0 Å². The molecular formula is C26H28ClF3N2O7S. The van der Waals surface area contributed by atoms with Gasteiger partial charge in [-0.3, -0.25) is 9.59 Å². The third kappa shape index (κ3) is 5.32. The molecule has 0 radical (unpaired) electrons. The van der Waals surface area contributed by atoms with Gasteiger partial charge in [-0.2, -0.15) is 0 Å². The van der Waals surface area contributed by atoms with Crippen molar-refractivity contribution in [2.45, 2.75) is 54.6 Å². The topological polar surface area (TPSA) is 153 Å². The second-order valence-electron chi connectivity index (χ2n) is 10.5. The van der Waals surface area contributed by atoms with Gasteiger partial charge < -0.3 is 26.0 Å². The third-order valence-corrected chi connectivity index (χ3v) is 10.7. The zero-order chi connectivity index (χ0) is 29.7. The molecule has 0 aromatic heterocycles. The van der Waals surface area contributed by atoms with Crippen LogP contribution in [0.2, 0.25) is 5.02 Å². The molecule has 3 aliphatic carbocycles. The van der Waals surface area contributed by atoms with E-state index in [1.54, 1.807) is 0 Å². The van der Waals surface area contributed by atoms with Crippen molar-refractivity contribution in [2.75, 3.05) is 11.9 Å². The summed E-state index contributed by atoms with van der Waals surface area (Å²) in [6, 6.07) is 4.61. The molecule has 3 aliphatic rings. The fourth-order valence-electron chi connectivity index (χ4n) is 5.79. The van der Waals surface area contributed by atoms with Crippen LogP contribution in [0.5, 0.6) is 0 Å².